The average molecular weight is 334 g/mol. The minimum atomic E-state index is -4.42. The van der Waals surface area contributed by atoms with E-state index in [4.69, 9.17) is 0 Å². The first-order valence-electron chi connectivity index (χ1n) is 7.01. The summed E-state index contributed by atoms with van der Waals surface area (Å²) >= 11 is 0. The molecule has 0 aliphatic heterocycles. The van der Waals surface area contributed by atoms with Gasteiger partial charge in [0, 0.05) is 17.3 Å². The van der Waals surface area contributed by atoms with Crippen LogP contribution in [0.4, 0.5) is 29.2 Å². The van der Waals surface area contributed by atoms with Gasteiger partial charge in [-0.1, -0.05) is 0 Å². The second-order valence-corrected chi connectivity index (χ2v) is 5.34. The zero-order valence-corrected chi connectivity index (χ0v) is 12.0. The van der Waals surface area contributed by atoms with Crippen molar-refractivity contribution in [3.8, 4) is 0 Å². The van der Waals surface area contributed by atoms with E-state index in [0.29, 0.717) is 22.1 Å². The molecule has 4 rings (SSSR count). The number of rotatable bonds is 2. The van der Waals surface area contributed by atoms with Gasteiger partial charge in [-0.3, -0.25) is 0 Å². The highest BCUT2D eigenvalue weighted by Crippen LogP contribution is 2.31. The van der Waals surface area contributed by atoms with Gasteiger partial charge in [0.05, 0.1) is 22.1 Å². The predicted octanol–water partition coefficient (Wildman–Crippen LogP) is 4.95. The highest BCUT2D eigenvalue weighted by atomic mass is 19.4. The summed E-state index contributed by atoms with van der Waals surface area (Å²) < 4.78 is 52.2. The van der Waals surface area contributed by atoms with Crippen LogP contribution in [0.5, 0.6) is 0 Å². The number of fused-ring (bicyclic) bond motifs is 2. The van der Waals surface area contributed by atoms with Crippen molar-refractivity contribution in [1.29, 1.82) is 0 Å². The summed E-state index contributed by atoms with van der Waals surface area (Å²) in [6.45, 7) is 0. The molecule has 0 radical (unpaired) electrons. The molecule has 3 N–H and O–H groups in total. The number of hydrogen-bond acceptors (Lipinski definition) is 2. The number of hydrogen-bond donors (Lipinski definition) is 3. The SMILES string of the molecule is Fc1cc(Nc2nc3ccc(C(F)(F)F)cc3[nH]2)cc2[nH]ccc12. The first kappa shape index (κ1) is 14.6. The molecule has 4 aromatic rings. The zero-order valence-electron chi connectivity index (χ0n) is 12.0. The van der Waals surface area contributed by atoms with Crippen LogP contribution in [0.1, 0.15) is 5.56 Å². The molecule has 2 aromatic carbocycles. The fourth-order valence-corrected chi connectivity index (χ4v) is 2.58. The van der Waals surface area contributed by atoms with Crippen LogP contribution in [-0.4, -0.2) is 15.0 Å². The van der Waals surface area contributed by atoms with E-state index >= 15 is 0 Å². The third kappa shape index (κ3) is 2.45. The number of aromatic amines is 2. The quantitative estimate of drug-likeness (QED) is 0.455. The van der Waals surface area contributed by atoms with Crippen LogP contribution in [0, 0.1) is 5.82 Å². The maximum atomic E-state index is 14.0. The number of nitrogens with zero attached hydrogens (tertiary/aromatic N) is 1. The van der Waals surface area contributed by atoms with Gasteiger partial charge >= 0.3 is 6.18 Å². The summed E-state index contributed by atoms with van der Waals surface area (Å²) in [4.78, 5) is 9.83. The Morgan fingerprint density at radius 1 is 1.00 bits per heavy atom. The number of nitrogens with one attached hydrogen (secondary N) is 3. The van der Waals surface area contributed by atoms with Crippen LogP contribution in [-0.2, 0) is 6.18 Å². The molecule has 0 aliphatic carbocycles. The largest absolute Gasteiger partial charge is 0.416 e. The fourth-order valence-electron chi connectivity index (χ4n) is 2.58. The van der Waals surface area contributed by atoms with Crippen molar-refractivity contribution in [1.82, 2.24) is 15.0 Å². The standard InChI is InChI=1S/C16H10F4N4/c17-11-6-9(7-13-10(11)3-4-21-13)22-15-23-12-2-1-8(16(18,19)20)5-14(12)24-15/h1-7,21H,(H2,22,23,24). The summed E-state index contributed by atoms with van der Waals surface area (Å²) in [5.74, 6) is -0.179. The Kier molecular flexibility index (Phi) is 3.02. The molecule has 2 heterocycles. The van der Waals surface area contributed by atoms with Gasteiger partial charge in [-0.2, -0.15) is 13.2 Å². The molecule has 0 amide bonds. The molecule has 0 bridgehead atoms. The van der Waals surface area contributed by atoms with Gasteiger partial charge in [0.2, 0.25) is 5.95 Å². The molecule has 0 unspecified atom stereocenters. The lowest BCUT2D eigenvalue weighted by molar-refractivity contribution is -0.137. The Labute approximate surface area is 132 Å². The molecule has 24 heavy (non-hydrogen) atoms. The minimum Gasteiger partial charge on any atom is -0.361 e. The van der Waals surface area contributed by atoms with Gasteiger partial charge in [0.1, 0.15) is 5.82 Å². The lowest BCUT2D eigenvalue weighted by Gasteiger charge is -2.05. The van der Waals surface area contributed by atoms with Gasteiger partial charge in [-0.15, -0.1) is 0 Å². The Bertz CT molecular complexity index is 1050. The third-order valence-corrected chi connectivity index (χ3v) is 3.69. The van der Waals surface area contributed by atoms with Crippen LogP contribution < -0.4 is 5.32 Å². The molecular weight excluding hydrogens is 324 g/mol. The lowest BCUT2D eigenvalue weighted by Crippen LogP contribution is -2.04. The van der Waals surface area contributed by atoms with Crippen LogP contribution >= 0.6 is 0 Å². The molecule has 0 saturated heterocycles. The monoisotopic (exact) mass is 334 g/mol. The number of halogens is 4. The predicted molar refractivity (Wildman–Crippen MR) is 82.6 cm³/mol. The van der Waals surface area contributed by atoms with Crippen molar-refractivity contribution in [3.05, 3.63) is 54.0 Å². The normalized spacial score (nSPS) is 12.2. The molecule has 122 valence electrons. The number of benzene rings is 2. The summed E-state index contributed by atoms with van der Waals surface area (Å²) in [7, 11) is 0. The van der Waals surface area contributed by atoms with E-state index in [1.54, 1.807) is 18.3 Å². The van der Waals surface area contributed by atoms with Crippen molar-refractivity contribution in [2.75, 3.05) is 5.32 Å². The first-order valence-corrected chi connectivity index (χ1v) is 7.01. The smallest absolute Gasteiger partial charge is 0.361 e. The maximum Gasteiger partial charge on any atom is 0.416 e. The van der Waals surface area contributed by atoms with Gasteiger partial charge in [-0.05, 0) is 36.4 Å². The van der Waals surface area contributed by atoms with Crippen LogP contribution in [0.15, 0.2) is 42.6 Å². The van der Waals surface area contributed by atoms with Crippen molar-refractivity contribution < 1.29 is 17.6 Å². The molecule has 4 nitrogen and oxygen atoms in total. The highest BCUT2D eigenvalue weighted by Gasteiger charge is 2.30. The molecule has 0 atom stereocenters. The van der Waals surface area contributed by atoms with Crippen LogP contribution in [0.2, 0.25) is 0 Å². The van der Waals surface area contributed by atoms with Crippen molar-refractivity contribution in [2.45, 2.75) is 6.18 Å². The van der Waals surface area contributed by atoms with Gasteiger partial charge in [0.15, 0.2) is 0 Å². The van der Waals surface area contributed by atoms with E-state index in [2.05, 4.69) is 20.3 Å². The Balaban J connectivity index is 1.70. The number of alkyl halides is 3. The molecule has 0 aliphatic rings. The second-order valence-electron chi connectivity index (χ2n) is 5.34. The number of aromatic nitrogens is 3. The zero-order chi connectivity index (χ0) is 16.9. The Morgan fingerprint density at radius 3 is 2.62 bits per heavy atom. The average Bonchev–Trinajstić information content (AvgIpc) is 3.11. The van der Waals surface area contributed by atoms with Crippen molar-refractivity contribution >= 4 is 33.6 Å². The maximum absolute atomic E-state index is 14.0. The molecular formula is C16H10F4N4. The van der Waals surface area contributed by atoms with Crippen molar-refractivity contribution in [2.24, 2.45) is 0 Å². The topological polar surface area (TPSA) is 56.5 Å². The molecule has 0 fully saturated rings. The van der Waals surface area contributed by atoms with E-state index < -0.39 is 17.6 Å². The Hall–Kier alpha value is -3.03. The summed E-state index contributed by atoms with van der Waals surface area (Å²) in [6.07, 6.45) is -2.80. The molecule has 0 saturated carbocycles. The van der Waals surface area contributed by atoms with E-state index in [1.807, 2.05) is 0 Å². The molecule has 0 spiro atoms. The first-order chi connectivity index (χ1) is 11.4. The summed E-state index contributed by atoms with van der Waals surface area (Å²) in [6, 6.07) is 7.85. The van der Waals surface area contributed by atoms with E-state index in [9.17, 15) is 17.6 Å². The van der Waals surface area contributed by atoms with Gasteiger partial charge in [-0.25, -0.2) is 9.37 Å². The van der Waals surface area contributed by atoms with E-state index in [1.165, 1.54) is 12.1 Å². The van der Waals surface area contributed by atoms with Gasteiger partial charge < -0.3 is 15.3 Å². The number of H-pyrrole nitrogens is 2. The van der Waals surface area contributed by atoms with Gasteiger partial charge in [0.25, 0.3) is 0 Å². The fraction of sp³-hybridized carbons (Fsp3) is 0.0625. The second kappa shape index (κ2) is 4.98. The lowest BCUT2D eigenvalue weighted by atomic mass is 10.2. The third-order valence-electron chi connectivity index (χ3n) is 3.69. The summed E-state index contributed by atoms with van der Waals surface area (Å²) in [5.41, 5.74) is 0.898. The highest BCUT2D eigenvalue weighted by molar-refractivity contribution is 5.85. The molecule has 2 aromatic heterocycles. The number of anilines is 2. The van der Waals surface area contributed by atoms with Crippen LogP contribution in [0.25, 0.3) is 21.9 Å². The summed E-state index contributed by atoms with van der Waals surface area (Å²) in [5, 5.41) is 3.32. The number of imidazole rings is 1. The van der Waals surface area contributed by atoms with E-state index in [0.717, 1.165) is 12.1 Å². The minimum absolute atomic E-state index is 0.231. The Morgan fingerprint density at radius 2 is 1.83 bits per heavy atom. The van der Waals surface area contributed by atoms with E-state index in [-0.39, 0.29) is 11.5 Å². The molecule has 8 heteroatoms. The van der Waals surface area contributed by atoms with Crippen LogP contribution in [0.3, 0.4) is 0 Å². The van der Waals surface area contributed by atoms with Crippen molar-refractivity contribution in [3.63, 3.8) is 0 Å².